The van der Waals surface area contributed by atoms with Gasteiger partial charge in [0.05, 0.1) is 14.2 Å². The number of hydrogen-bond acceptors (Lipinski definition) is 4. The number of nitrogens with two attached hydrogens (primary N) is 1. The van der Waals surface area contributed by atoms with E-state index in [9.17, 15) is 4.79 Å². The summed E-state index contributed by atoms with van der Waals surface area (Å²) < 4.78 is 10.6. The predicted molar refractivity (Wildman–Crippen MR) is 105 cm³/mol. The second-order valence-electron chi connectivity index (χ2n) is 7.50. The molecule has 0 saturated heterocycles. The van der Waals surface area contributed by atoms with Gasteiger partial charge >= 0.3 is 0 Å². The third-order valence-corrected chi connectivity index (χ3v) is 5.76. The van der Waals surface area contributed by atoms with Crippen LogP contribution in [0.2, 0.25) is 0 Å². The van der Waals surface area contributed by atoms with E-state index in [0.717, 1.165) is 29.9 Å². The summed E-state index contributed by atoms with van der Waals surface area (Å²) in [7, 11) is 3.27. The van der Waals surface area contributed by atoms with E-state index in [4.69, 9.17) is 15.2 Å². The van der Waals surface area contributed by atoms with Gasteiger partial charge in [0.15, 0.2) is 0 Å². The fourth-order valence-corrected chi connectivity index (χ4v) is 4.55. The first-order valence-corrected chi connectivity index (χ1v) is 9.36. The molecule has 6 heteroatoms. The van der Waals surface area contributed by atoms with Gasteiger partial charge in [0.25, 0.3) is 0 Å². The van der Waals surface area contributed by atoms with E-state index in [1.54, 1.807) is 14.2 Å². The Morgan fingerprint density at radius 1 is 1.12 bits per heavy atom. The highest BCUT2D eigenvalue weighted by molar-refractivity contribution is 5.85. The van der Waals surface area contributed by atoms with E-state index in [-0.39, 0.29) is 18.3 Å². The van der Waals surface area contributed by atoms with Crippen molar-refractivity contribution in [3.63, 3.8) is 0 Å². The number of nitrogens with one attached hydrogen (secondary N) is 1. The van der Waals surface area contributed by atoms with Crippen molar-refractivity contribution in [3.05, 3.63) is 23.8 Å². The van der Waals surface area contributed by atoms with Gasteiger partial charge in [0.2, 0.25) is 5.91 Å². The predicted octanol–water partition coefficient (Wildman–Crippen LogP) is 3.08. The average molecular weight is 383 g/mol. The van der Waals surface area contributed by atoms with Crippen molar-refractivity contribution in [2.24, 2.45) is 17.6 Å². The molecule has 3 N–H and O–H groups in total. The lowest BCUT2D eigenvalue weighted by atomic mass is 9.67. The van der Waals surface area contributed by atoms with Crippen LogP contribution in [0.1, 0.15) is 44.1 Å². The highest BCUT2D eigenvalue weighted by Gasteiger charge is 2.39. The normalized spacial score (nSPS) is 27.2. The summed E-state index contributed by atoms with van der Waals surface area (Å²) >= 11 is 0. The molecule has 2 aliphatic rings. The molecule has 2 aliphatic carbocycles. The first kappa shape index (κ1) is 20.8. The van der Waals surface area contributed by atoms with E-state index in [1.165, 1.54) is 19.3 Å². The maximum atomic E-state index is 12.5. The number of aryl methyl sites for hydroxylation is 1. The SMILES string of the molecule is COc1cc(CCC(=O)NC2C3CCCC2CC(N)C3)cc(OC)c1.Cl. The minimum Gasteiger partial charge on any atom is -0.497 e. The Bertz CT molecular complexity index is 574. The van der Waals surface area contributed by atoms with Gasteiger partial charge < -0.3 is 20.5 Å². The quantitative estimate of drug-likeness (QED) is 0.792. The molecule has 26 heavy (non-hydrogen) atoms. The summed E-state index contributed by atoms with van der Waals surface area (Å²) in [4.78, 5) is 12.5. The van der Waals surface area contributed by atoms with Gasteiger partial charge in [-0.25, -0.2) is 0 Å². The van der Waals surface area contributed by atoms with Crippen LogP contribution in [0.15, 0.2) is 18.2 Å². The minimum atomic E-state index is 0. The van der Waals surface area contributed by atoms with Crippen molar-refractivity contribution >= 4 is 18.3 Å². The van der Waals surface area contributed by atoms with E-state index < -0.39 is 0 Å². The van der Waals surface area contributed by atoms with Gasteiger partial charge in [0.1, 0.15) is 11.5 Å². The summed E-state index contributed by atoms with van der Waals surface area (Å²) in [5.41, 5.74) is 7.22. The van der Waals surface area contributed by atoms with Crippen LogP contribution in [-0.2, 0) is 11.2 Å². The standard InChI is InChI=1S/C20H30N2O3.ClH/c1-24-17-8-13(9-18(12-17)25-2)6-7-19(23)22-20-14-4-3-5-15(20)11-16(21)10-14;/h8-9,12,14-16,20H,3-7,10-11,21H2,1-2H3,(H,22,23);1H. The summed E-state index contributed by atoms with van der Waals surface area (Å²) in [6.07, 6.45) is 6.94. The molecule has 1 aromatic carbocycles. The number of benzene rings is 1. The molecule has 0 heterocycles. The molecule has 0 aromatic heterocycles. The third kappa shape index (κ3) is 5.04. The summed E-state index contributed by atoms with van der Waals surface area (Å²) in [5, 5.41) is 3.31. The summed E-state index contributed by atoms with van der Waals surface area (Å²) in [5.74, 6) is 2.77. The lowest BCUT2D eigenvalue weighted by molar-refractivity contribution is -0.123. The van der Waals surface area contributed by atoms with Crippen LogP contribution < -0.4 is 20.5 Å². The second kappa shape index (κ2) is 9.47. The molecule has 2 fully saturated rings. The molecule has 2 atom stereocenters. The van der Waals surface area contributed by atoms with Crippen LogP contribution in [0.5, 0.6) is 11.5 Å². The van der Waals surface area contributed by atoms with Gasteiger partial charge in [-0.3, -0.25) is 4.79 Å². The molecular formula is C20H31ClN2O3. The first-order chi connectivity index (χ1) is 12.1. The minimum absolute atomic E-state index is 0. The van der Waals surface area contributed by atoms with Gasteiger partial charge in [-0.1, -0.05) is 6.42 Å². The number of hydrogen-bond donors (Lipinski definition) is 2. The zero-order valence-corrected chi connectivity index (χ0v) is 16.5. The van der Waals surface area contributed by atoms with Crippen molar-refractivity contribution in [1.82, 2.24) is 5.32 Å². The Labute approximate surface area is 162 Å². The first-order valence-electron chi connectivity index (χ1n) is 9.36. The summed E-state index contributed by atoms with van der Waals surface area (Å²) in [6, 6.07) is 6.40. The lowest BCUT2D eigenvalue weighted by Crippen LogP contribution is -2.53. The zero-order valence-electron chi connectivity index (χ0n) is 15.7. The van der Waals surface area contributed by atoms with Crippen LogP contribution in [0.25, 0.3) is 0 Å². The number of fused-ring (bicyclic) bond motifs is 2. The Morgan fingerprint density at radius 3 is 2.23 bits per heavy atom. The number of halogens is 1. The topological polar surface area (TPSA) is 73.6 Å². The highest BCUT2D eigenvalue weighted by atomic mass is 35.5. The smallest absolute Gasteiger partial charge is 0.220 e. The van der Waals surface area contributed by atoms with E-state index >= 15 is 0 Å². The highest BCUT2D eigenvalue weighted by Crippen LogP contribution is 2.39. The Hall–Kier alpha value is -1.46. The van der Waals surface area contributed by atoms with Crippen LogP contribution in [-0.4, -0.2) is 32.2 Å². The van der Waals surface area contributed by atoms with Crippen LogP contribution in [0, 0.1) is 11.8 Å². The maximum absolute atomic E-state index is 12.5. The lowest BCUT2D eigenvalue weighted by Gasteiger charge is -2.45. The van der Waals surface area contributed by atoms with Gasteiger partial charge in [-0.2, -0.15) is 0 Å². The number of rotatable bonds is 6. The van der Waals surface area contributed by atoms with Crippen molar-refractivity contribution in [2.45, 2.75) is 57.0 Å². The van der Waals surface area contributed by atoms with Crippen molar-refractivity contribution < 1.29 is 14.3 Å². The molecular weight excluding hydrogens is 352 g/mol. The largest absolute Gasteiger partial charge is 0.497 e. The number of amides is 1. The Kier molecular flexibility index (Phi) is 7.59. The molecule has 146 valence electrons. The molecule has 0 aliphatic heterocycles. The fourth-order valence-electron chi connectivity index (χ4n) is 4.55. The molecule has 1 amide bonds. The van der Waals surface area contributed by atoms with E-state index in [1.807, 2.05) is 18.2 Å². The Morgan fingerprint density at radius 2 is 1.69 bits per heavy atom. The van der Waals surface area contributed by atoms with Gasteiger partial charge in [-0.05, 0) is 61.6 Å². The molecule has 3 rings (SSSR count). The molecule has 2 saturated carbocycles. The van der Waals surface area contributed by atoms with Gasteiger partial charge in [0, 0.05) is 24.6 Å². The summed E-state index contributed by atoms with van der Waals surface area (Å²) in [6.45, 7) is 0. The van der Waals surface area contributed by atoms with Crippen LogP contribution in [0.4, 0.5) is 0 Å². The Balaban J connectivity index is 0.00000243. The molecule has 1 aromatic rings. The van der Waals surface area contributed by atoms with Crippen molar-refractivity contribution in [3.8, 4) is 11.5 Å². The van der Waals surface area contributed by atoms with Crippen LogP contribution in [0.3, 0.4) is 0 Å². The van der Waals surface area contributed by atoms with Crippen molar-refractivity contribution in [2.75, 3.05) is 14.2 Å². The number of ether oxygens (including phenoxy) is 2. The van der Waals surface area contributed by atoms with Crippen molar-refractivity contribution in [1.29, 1.82) is 0 Å². The monoisotopic (exact) mass is 382 g/mol. The number of methoxy groups -OCH3 is 2. The fraction of sp³-hybridized carbons (Fsp3) is 0.650. The number of carbonyl (C=O) groups is 1. The third-order valence-electron chi connectivity index (χ3n) is 5.76. The molecule has 0 spiro atoms. The molecule has 2 bridgehead atoms. The molecule has 2 unspecified atom stereocenters. The van der Waals surface area contributed by atoms with E-state index in [0.29, 0.717) is 36.8 Å². The maximum Gasteiger partial charge on any atom is 0.220 e. The number of carbonyl (C=O) groups excluding carboxylic acids is 1. The molecule has 5 nitrogen and oxygen atoms in total. The van der Waals surface area contributed by atoms with Crippen LogP contribution >= 0.6 is 12.4 Å². The second-order valence-corrected chi connectivity index (χ2v) is 7.50. The van der Waals surface area contributed by atoms with E-state index in [2.05, 4.69) is 5.32 Å². The van der Waals surface area contributed by atoms with Gasteiger partial charge in [-0.15, -0.1) is 12.4 Å². The zero-order chi connectivity index (χ0) is 17.8. The average Bonchev–Trinajstić information content (AvgIpc) is 2.60. The molecule has 0 radical (unpaired) electrons.